The van der Waals surface area contributed by atoms with Gasteiger partial charge in [-0.15, -0.1) is 10.2 Å². The van der Waals surface area contributed by atoms with Crippen LogP contribution in [0.2, 0.25) is 0 Å². The fourth-order valence-electron chi connectivity index (χ4n) is 3.32. The summed E-state index contributed by atoms with van der Waals surface area (Å²) in [6, 6.07) is 7.92. The lowest BCUT2D eigenvalue weighted by atomic mass is 10.1. The number of rotatable bonds is 5. The van der Waals surface area contributed by atoms with Crippen LogP contribution in [-0.4, -0.2) is 45.3 Å². The van der Waals surface area contributed by atoms with E-state index in [2.05, 4.69) is 25.0 Å². The smallest absolute Gasteiger partial charge is 0.245 e. The molecule has 2 aromatic rings. The summed E-state index contributed by atoms with van der Waals surface area (Å²) < 4.78 is 7.28. The summed E-state index contributed by atoms with van der Waals surface area (Å²) in [5, 5.41) is 11.6. The number of hydrogen-bond acceptors (Lipinski definition) is 5. The first-order valence-electron chi connectivity index (χ1n) is 8.73. The second-order valence-corrected chi connectivity index (χ2v) is 6.76. The Morgan fingerprint density at radius 2 is 2.00 bits per heavy atom. The molecule has 1 saturated carbocycles. The van der Waals surface area contributed by atoms with Gasteiger partial charge in [-0.25, -0.2) is 0 Å². The van der Waals surface area contributed by atoms with Gasteiger partial charge >= 0.3 is 0 Å². The lowest BCUT2D eigenvalue weighted by Gasteiger charge is -2.34. The van der Waals surface area contributed by atoms with E-state index >= 15 is 0 Å². The summed E-state index contributed by atoms with van der Waals surface area (Å²) in [4.78, 5) is 15.1. The number of amides is 1. The van der Waals surface area contributed by atoms with Crippen LogP contribution in [0, 0.1) is 6.92 Å². The molecule has 0 spiro atoms. The Hall–Kier alpha value is -2.41. The van der Waals surface area contributed by atoms with E-state index in [1.54, 1.807) is 7.11 Å². The minimum Gasteiger partial charge on any atom is -0.497 e. The zero-order valence-electron chi connectivity index (χ0n) is 14.6. The van der Waals surface area contributed by atoms with E-state index in [4.69, 9.17) is 4.74 Å². The summed E-state index contributed by atoms with van der Waals surface area (Å²) in [7, 11) is 1.66. The molecule has 2 heterocycles. The highest BCUT2D eigenvalue weighted by Gasteiger charge is 2.38. The molecule has 1 aliphatic heterocycles. The monoisotopic (exact) mass is 341 g/mol. The number of methoxy groups -OCH3 is 1. The predicted molar refractivity (Wildman–Crippen MR) is 92.1 cm³/mol. The molecular weight excluding hydrogens is 318 g/mol. The zero-order chi connectivity index (χ0) is 17.4. The molecule has 0 saturated heterocycles. The fraction of sp³-hybridized carbons (Fsp3) is 0.500. The number of hydrogen-bond donors (Lipinski definition) is 1. The maximum absolute atomic E-state index is 12.9. The van der Waals surface area contributed by atoms with Crippen molar-refractivity contribution < 1.29 is 9.53 Å². The van der Waals surface area contributed by atoms with E-state index in [-0.39, 0.29) is 5.91 Å². The Kier molecular flexibility index (Phi) is 4.17. The van der Waals surface area contributed by atoms with E-state index in [0.717, 1.165) is 48.9 Å². The second kappa shape index (κ2) is 6.48. The van der Waals surface area contributed by atoms with Crippen molar-refractivity contribution in [3.05, 3.63) is 41.5 Å². The summed E-state index contributed by atoms with van der Waals surface area (Å²) in [6.07, 6.45) is 2.14. The molecule has 1 aliphatic carbocycles. The maximum Gasteiger partial charge on any atom is 0.245 e. The molecule has 1 fully saturated rings. The van der Waals surface area contributed by atoms with Gasteiger partial charge in [0.1, 0.15) is 11.6 Å². The molecule has 0 radical (unpaired) electrons. The minimum absolute atomic E-state index is 0.0318. The van der Waals surface area contributed by atoms with Crippen LogP contribution in [0.5, 0.6) is 5.75 Å². The number of fused-ring (bicyclic) bond motifs is 1. The highest BCUT2D eigenvalue weighted by Crippen LogP contribution is 2.29. The summed E-state index contributed by atoms with van der Waals surface area (Å²) >= 11 is 0. The number of carbonyl (C=O) groups excluding carboxylic acids is 1. The average Bonchev–Trinajstić information content (AvgIpc) is 3.36. The summed E-state index contributed by atoms with van der Waals surface area (Å²) in [6.45, 7) is 4.22. The zero-order valence-corrected chi connectivity index (χ0v) is 14.6. The molecule has 7 nitrogen and oxygen atoms in total. The quantitative estimate of drug-likeness (QED) is 0.891. The van der Waals surface area contributed by atoms with Gasteiger partial charge in [-0.1, -0.05) is 12.1 Å². The Bertz CT molecular complexity index is 766. The lowest BCUT2D eigenvalue weighted by Crippen LogP contribution is -2.46. The van der Waals surface area contributed by atoms with Crippen molar-refractivity contribution in [3.63, 3.8) is 0 Å². The van der Waals surface area contributed by atoms with Gasteiger partial charge in [0, 0.05) is 25.7 Å². The van der Waals surface area contributed by atoms with Crippen molar-refractivity contribution in [2.24, 2.45) is 0 Å². The molecule has 132 valence electrons. The molecule has 1 N–H and O–H groups in total. The number of nitrogens with zero attached hydrogens (tertiary/aromatic N) is 4. The lowest BCUT2D eigenvalue weighted by molar-refractivity contribution is -0.128. The molecule has 7 heteroatoms. The molecule has 25 heavy (non-hydrogen) atoms. The third-order valence-corrected chi connectivity index (χ3v) is 4.90. The molecule has 1 atom stereocenters. The standard InChI is InChI=1S/C18H23N5O2/c1-12-20-21-17-16(18(24)19-14-5-6-14)22(9-10-23(12)17)11-13-3-7-15(25-2)8-4-13/h3-4,7-8,14,16H,5-6,9-11H2,1-2H3,(H,19,24). The van der Waals surface area contributed by atoms with Gasteiger partial charge in [-0.05, 0) is 37.5 Å². The van der Waals surface area contributed by atoms with Crippen LogP contribution in [-0.2, 0) is 17.9 Å². The topological polar surface area (TPSA) is 72.3 Å². The Morgan fingerprint density at radius 1 is 1.24 bits per heavy atom. The predicted octanol–water partition coefficient (Wildman–Crippen LogP) is 1.43. The van der Waals surface area contributed by atoms with E-state index in [0.29, 0.717) is 12.6 Å². The SMILES string of the molecule is COc1ccc(CN2CCn3c(C)nnc3C2C(=O)NC2CC2)cc1. The molecule has 1 unspecified atom stereocenters. The molecule has 1 aromatic carbocycles. The molecular formula is C18H23N5O2. The van der Waals surface area contributed by atoms with Crippen molar-refractivity contribution in [1.29, 1.82) is 0 Å². The first-order valence-corrected chi connectivity index (χ1v) is 8.73. The minimum atomic E-state index is -0.391. The van der Waals surface area contributed by atoms with E-state index in [9.17, 15) is 4.79 Å². The van der Waals surface area contributed by atoms with Gasteiger partial charge in [0.05, 0.1) is 7.11 Å². The number of aryl methyl sites for hydroxylation is 1. The molecule has 1 amide bonds. The normalized spacial score (nSPS) is 20.2. The number of nitrogens with one attached hydrogen (secondary N) is 1. The van der Waals surface area contributed by atoms with Gasteiger partial charge in [0.25, 0.3) is 0 Å². The summed E-state index contributed by atoms with van der Waals surface area (Å²) in [5.74, 6) is 2.48. The number of aromatic nitrogens is 3. The largest absolute Gasteiger partial charge is 0.497 e. The van der Waals surface area contributed by atoms with E-state index in [1.807, 2.05) is 31.2 Å². The van der Waals surface area contributed by atoms with Crippen molar-refractivity contribution in [2.45, 2.75) is 44.9 Å². The van der Waals surface area contributed by atoms with Crippen LogP contribution in [0.1, 0.15) is 36.1 Å². The van der Waals surface area contributed by atoms with Crippen molar-refractivity contribution in [1.82, 2.24) is 25.0 Å². The first-order chi connectivity index (χ1) is 12.2. The summed E-state index contributed by atoms with van der Waals surface area (Å²) in [5.41, 5.74) is 1.15. The Balaban J connectivity index is 1.59. The number of benzene rings is 1. The number of carbonyl (C=O) groups is 1. The van der Waals surface area contributed by atoms with Crippen molar-refractivity contribution in [3.8, 4) is 5.75 Å². The van der Waals surface area contributed by atoms with Crippen LogP contribution in [0.25, 0.3) is 0 Å². The van der Waals surface area contributed by atoms with Gasteiger partial charge < -0.3 is 14.6 Å². The van der Waals surface area contributed by atoms with Crippen LogP contribution in [0.4, 0.5) is 0 Å². The highest BCUT2D eigenvalue weighted by molar-refractivity contribution is 5.83. The molecule has 2 aliphatic rings. The van der Waals surface area contributed by atoms with Crippen molar-refractivity contribution in [2.75, 3.05) is 13.7 Å². The van der Waals surface area contributed by atoms with Crippen LogP contribution in [0.15, 0.2) is 24.3 Å². The van der Waals surface area contributed by atoms with Crippen LogP contribution < -0.4 is 10.1 Å². The maximum atomic E-state index is 12.9. The average molecular weight is 341 g/mol. The van der Waals surface area contributed by atoms with Crippen LogP contribution in [0.3, 0.4) is 0 Å². The Morgan fingerprint density at radius 3 is 2.68 bits per heavy atom. The highest BCUT2D eigenvalue weighted by atomic mass is 16.5. The second-order valence-electron chi connectivity index (χ2n) is 6.76. The Labute approximate surface area is 147 Å². The van der Waals surface area contributed by atoms with Gasteiger partial charge in [0.2, 0.25) is 5.91 Å². The molecule has 1 aromatic heterocycles. The third kappa shape index (κ3) is 3.24. The van der Waals surface area contributed by atoms with Gasteiger partial charge in [-0.2, -0.15) is 0 Å². The van der Waals surface area contributed by atoms with Gasteiger partial charge in [-0.3, -0.25) is 9.69 Å². The van der Waals surface area contributed by atoms with E-state index in [1.165, 1.54) is 0 Å². The molecule has 0 bridgehead atoms. The first kappa shape index (κ1) is 16.1. The van der Waals surface area contributed by atoms with Crippen molar-refractivity contribution >= 4 is 5.91 Å². The van der Waals surface area contributed by atoms with Crippen LogP contribution >= 0.6 is 0 Å². The third-order valence-electron chi connectivity index (χ3n) is 4.90. The van der Waals surface area contributed by atoms with E-state index < -0.39 is 6.04 Å². The molecule has 4 rings (SSSR count). The van der Waals surface area contributed by atoms with Gasteiger partial charge in [0.15, 0.2) is 11.9 Å². The fourth-order valence-corrected chi connectivity index (χ4v) is 3.32. The number of ether oxygens (including phenoxy) is 1.